The van der Waals surface area contributed by atoms with E-state index < -0.39 is 11.0 Å². The minimum absolute atomic E-state index is 0.0764. The predicted molar refractivity (Wildman–Crippen MR) is 64.2 cm³/mol. The van der Waals surface area contributed by atoms with Crippen molar-refractivity contribution < 1.29 is 14.8 Å². The van der Waals surface area contributed by atoms with Gasteiger partial charge in [-0.05, 0) is 18.6 Å². The first-order chi connectivity index (χ1) is 8.06. The zero-order valence-electron chi connectivity index (χ0n) is 8.84. The van der Waals surface area contributed by atoms with Crippen LogP contribution < -0.4 is 10.0 Å². The number of carboxylic acid groups (broad SMARTS) is 1. The molecule has 0 aliphatic carbocycles. The summed E-state index contributed by atoms with van der Waals surface area (Å²) >= 11 is 3.20. The molecule has 6 nitrogen and oxygen atoms in total. The first-order valence-electron chi connectivity index (χ1n) is 4.85. The van der Waals surface area contributed by atoms with E-state index in [9.17, 15) is 20.0 Å². The van der Waals surface area contributed by atoms with Crippen molar-refractivity contribution >= 4 is 33.4 Å². The van der Waals surface area contributed by atoms with Crippen LogP contribution in [0.5, 0.6) is 0 Å². The Bertz CT molecular complexity index is 407. The van der Waals surface area contributed by atoms with Gasteiger partial charge in [-0.15, -0.1) is 0 Å². The molecule has 0 aliphatic rings. The SMILES string of the molecule is O=C([O-])N(CCCBr)c1ccc([N+](=O)[O-])cc1. The quantitative estimate of drug-likeness (QED) is 0.469. The summed E-state index contributed by atoms with van der Waals surface area (Å²) in [6, 6.07) is 5.31. The number of alkyl halides is 1. The van der Waals surface area contributed by atoms with Crippen molar-refractivity contribution in [2.75, 3.05) is 16.8 Å². The molecule has 1 rings (SSSR count). The van der Waals surface area contributed by atoms with Crippen molar-refractivity contribution in [1.29, 1.82) is 0 Å². The summed E-state index contributed by atoms with van der Waals surface area (Å²) in [7, 11) is 0. The topological polar surface area (TPSA) is 86.5 Å². The van der Waals surface area contributed by atoms with Crippen molar-refractivity contribution in [2.45, 2.75) is 6.42 Å². The number of benzene rings is 1. The van der Waals surface area contributed by atoms with Gasteiger partial charge >= 0.3 is 0 Å². The number of nitro benzene ring substituents is 1. The van der Waals surface area contributed by atoms with Gasteiger partial charge in [0.15, 0.2) is 0 Å². The van der Waals surface area contributed by atoms with Gasteiger partial charge in [-0.1, -0.05) is 15.9 Å². The van der Waals surface area contributed by atoms with Crippen LogP contribution in [0.1, 0.15) is 6.42 Å². The molecular formula is C10H10BrN2O4-. The van der Waals surface area contributed by atoms with Crippen LogP contribution in [0.15, 0.2) is 24.3 Å². The highest BCUT2D eigenvalue weighted by atomic mass is 79.9. The number of hydrogen-bond donors (Lipinski definition) is 0. The highest BCUT2D eigenvalue weighted by Gasteiger charge is 2.10. The van der Waals surface area contributed by atoms with E-state index >= 15 is 0 Å². The maximum Gasteiger partial charge on any atom is 0.269 e. The summed E-state index contributed by atoms with van der Waals surface area (Å²) < 4.78 is 0. The standard InChI is InChI=1S/C10H11BrN2O4/c11-6-1-7-12(10(14)15)8-2-4-9(5-3-8)13(16)17/h2-5H,1,6-7H2,(H,14,15)/p-1. The third-order valence-electron chi connectivity index (χ3n) is 2.11. The Hall–Kier alpha value is -1.63. The lowest BCUT2D eigenvalue weighted by atomic mass is 10.2. The van der Waals surface area contributed by atoms with Crippen LogP contribution in [0, 0.1) is 10.1 Å². The van der Waals surface area contributed by atoms with E-state index in [1.54, 1.807) is 0 Å². The molecule has 0 radical (unpaired) electrons. The third kappa shape index (κ3) is 3.70. The molecule has 0 bridgehead atoms. The fourth-order valence-corrected chi connectivity index (χ4v) is 1.55. The van der Waals surface area contributed by atoms with Crippen molar-refractivity contribution in [1.82, 2.24) is 0 Å². The molecule has 0 aromatic heterocycles. The van der Waals surface area contributed by atoms with E-state index in [0.717, 1.165) is 4.90 Å². The molecular weight excluding hydrogens is 292 g/mol. The Morgan fingerprint density at radius 1 is 1.35 bits per heavy atom. The Morgan fingerprint density at radius 2 is 1.94 bits per heavy atom. The Kier molecular flexibility index (Phi) is 4.89. The van der Waals surface area contributed by atoms with Gasteiger partial charge in [0, 0.05) is 29.7 Å². The number of nitro groups is 1. The number of anilines is 1. The van der Waals surface area contributed by atoms with Gasteiger partial charge in [-0.2, -0.15) is 0 Å². The molecule has 7 heteroatoms. The second-order valence-corrected chi connectivity index (χ2v) is 4.03. The summed E-state index contributed by atoms with van der Waals surface area (Å²) in [5.74, 6) is 0. The lowest BCUT2D eigenvalue weighted by Crippen LogP contribution is -2.42. The summed E-state index contributed by atoms with van der Waals surface area (Å²) in [5.41, 5.74) is 0.295. The Balaban J connectivity index is 2.87. The van der Waals surface area contributed by atoms with Gasteiger partial charge in [-0.25, -0.2) is 0 Å². The summed E-state index contributed by atoms with van der Waals surface area (Å²) in [6.45, 7) is 0.283. The minimum Gasteiger partial charge on any atom is -0.530 e. The van der Waals surface area contributed by atoms with Gasteiger partial charge in [0.1, 0.15) is 6.09 Å². The monoisotopic (exact) mass is 301 g/mol. The largest absolute Gasteiger partial charge is 0.530 e. The minimum atomic E-state index is -1.32. The van der Waals surface area contributed by atoms with Crippen molar-refractivity contribution in [3.8, 4) is 0 Å². The van der Waals surface area contributed by atoms with E-state index in [1.807, 2.05) is 0 Å². The van der Waals surface area contributed by atoms with Gasteiger partial charge in [0.2, 0.25) is 0 Å². The molecule has 0 saturated heterocycles. The molecule has 1 amide bonds. The molecule has 0 atom stereocenters. The highest BCUT2D eigenvalue weighted by molar-refractivity contribution is 9.09. The van der Waals surface area contributed by atoms with Gasteiger partial charge in [0.05, 0.1) is 4.92 Å². The smallest absolute Gasteiger partial charge is 0.269 e. The van der Waals surface area contributed by atoms with E-state index in [2.05, 4.69) is 15.9 Å². The average Bonchev–Trinajstić information content (AvgIpc) is 2.29. The zero-order chi connectivity index (χ0) is 12.8. The zero-order valence-corrected chi connectivity index (χ0v) is 10.4. The molecule has 0 aliphatic heterocycles. The predicted octanol–water partition coefficient (Wildman–Crippen LogP) is 1.53. The van der Waals surface area contributed by atoms with Crippen LogP contribution in [0.2, 0.25) is 0 Å². The van der Waals surface area contributed by atoms with Crippen LogP contribution in [-0.2, 0) is 0 Å². The molecule has 92 valence electrons. The normalized spacial score (nSPS) is 9.94. The van der Waals surface area contributed by atoms with Crippen molar-refractivity contribution in [3.05, 3.63) is 34.4 Å². The van der Waals surface area contributed by atoms with Gasteiger partial charge in [0.25, 0.3) is 5.69 Å². The van der Waals surface area contributed by atoms with E-state index in [4.69, 9.17) is 0 Å². The van der Waals surface area contributed by atoms with Crippen LogP contribution in [0.3, 0.4) is 0 Å². The molecule has 0 unspecified atom stereocenters. The third-order valence-corrected chi connectivity index (χ3v) is 2.67. The summed E-state index contributed by atoms with van der Waals surface area (Å²) in [5, 5.41) is 22.0. The number of halogens is 1. The molecule has 0 fully saturated rings. The first kappa shape index (κ1) is 13.4. The number of hydrogen-bond acceptors (Lipinski definition) is 4. The fourth-order valence-electron chi connectivity index (χ4n) is 1.30. The van der Waals surface area contributed by atoms with E-state index in [-0.39, 0.29) is 12.2 Å². The second kappa shape index (κ2) is 6.19. The average molecular weight is 302 g/mol. The molecule has 0 saturated carbocycles. The van der Waals surface area contributed by atoms with Crippen LogP contribution in [0.25, 0.3) is 0 Å². The molecule has 1 aromatic rings. The number of non-ortho nitro benzene ring substituents is 1. The summed E-state index contributed by atoms with van der Waals surface area (Å²) in [6.07, 6.45) is -0.690. The van der Waals surface area contributed by atoms with Crippen LogP contribution >= 0.6 is 15.9 Å². The maximum atomic E-state index is 10.9. The molecule has 0 spiro atoms. The Labute approximate surface area is 106 Å². The second-order valence-electron chi connectivity index (χ2n) is 3.23. The number of amides is 1. The van der Waals surface area contributed by atoms with E-state index in [1.165, 1.54) is 24.3 Å². The van der Waals surface area contributed by atoms with E-state index in [0.29, 0.717) is 17.4 Å². The van der Waals surface area contributed by atoms with Gasteiger partial charge < -0.3 is 14.8 Å². The highest BCUT2D eigenvalue weighted by Crippen LogP contribution is 2.19. The van der Waals surface area contributed by atoms with Crippen LogP contribution in [0.4, 0.5) is 16.2 Å². The van der Waals surface area contributed by atoms with Crippen molar-refractivity contribution in [2.24, 2.45) is 0 Å². The maximum absolute atomic E-state index is 10.9. The lowest BCUT2D eigenvalue weighted by Gasteiger charge is -2.24. The Morgan fingerprint density at radius 3 is 2.35 bits per heavy atom. The van der Waals surface area contributed by atoms with Gasteiger partial charge in [-0.3, -0.25) is 10.1 Å². The van der Waals surface area contributed by atoms with Crippen LogP contribution in [-0.4, -0.2) is 22.9 Å². The number of carbonyl (C=O) groups excluding carboxylic acids is 1. The molecule has 0 N–H and O–H groups in total. The number of nitrogens with zero attached hydrogens (tertiary/aromatic N) is 2. The van der Waals surface area contributed by atoms with Crippen molar-refractivity contribution in [3.63, 3.8) is 0 Å². The first-order valence-corrected chi connectivity index (χ1v) is 5.97. The molecule has 17 heavy (non-hydrogen) atoms. The molecule has 1 aromatic carbocycles. The summed E-state index contributed by atoms with van der Waals surface area (Å²) in [4.78, 5) is 21.8. The number of carbonyl (C=O) groups is 1. The molecule has 0 heterocycles. The fraction of sp³-hybridized carbons (Fsp3) is 0.300. The lowest BCUT2D eigenvalue weighted by molar-refractivity contribution is -0.384. The number of rotatable bonds is 5.